The highest BCUT2D eigenvalue weighted by molar-refractivity contribution is 9.10. The summed E-state index contributed by atoms with van der Waals surface area (Å²) in [5.74, 6) is -0.929. The van der Waals surface area contributed by atoms with Gasteiger partial charge in [0.05, 0.1) is 23.1 Å². The van der Waals surface area contributed by atoms with E-state index in [-0.39, 0.29) is 10.8 Å². The number of hydrogen-bond acceptors (Lipinski definition) is 4. The Hall–Kier alpha value is -2.98. The normalized spacial score (nSPS) is 11.5. The van der Waals surface area contributed by atoms with Gasteiger partial charge in [-0.2, -0.15) is 18.3 Å². The quantitative estimate of drug-likeness (QED) is 0.378. The smallest absolute Gasteiger partial charge is 0.298 e. The van der Waals surface area contributed by atoms with Crippen LogP contribution >= 0.6 is 27.3 Å². The molecule has 0 saturated carbocycles. The second-order valence-corrected chi connectivity index (χ2v) is 7.92. The molecule has 0 atom stereocenters. The molecule has 2 aromatic heterocycles. The third kappa shape index (κ3) is 4.14. The van der Waals surface area contributed by atoms with E-state index in [2.05, 4.69) is 31.3 Å². The van der Waals surface area contributed by atoms with Crippen LogP contribution in [-0.4, -0.2) is 20.7 Å². The average Bonchev–Trinajstić information content (AvgIpc) is 3.36. The Morgan fingerprint density at radius 1 is 1.07 bits per heavy atom. The molecule has 0 radical (unpaired) electrons. The zero-order chi connectivity index (χ0) is 21.3. The molecule has 0 fully saturated rings. The number of thiazole rings is 1. The van der Waals surface area contributed by atoms with Crippen LogP contribution in [0.25, 0.3) is 16.9 Å². The summed E-state index contributed by atoms with van der Waals surface area (Å²) in [5, 5.41) is 8.15. The maximum absolute atomic E-state index is 13.7. The van der Waals surface area contributed by atoms with Gasteiger partial charge in [-0.3, -0.25) is 10.1 Å². The second-order valence-electron chi connectivity index (χ2n) is 6.15. The van der Waals surface area contributed by atoms with Crippen LogP contribution in [0.15, 0.2) is 70.6 Å². The van der Waals surface area contributed by atoms with Crippen LogP contribution < -0.4 is 5.32 Å². The zero-order valence-electron chi connectivity index (χ0n) is 15.0. The predicted molar refractivity (Wildman–Crippen MR) is 112 cm³/mol. The number of amides is 1. The van der Waals surface area contributed by atoms with Crippen molar-refractivity contribution in [3.05, 3.63) is 81.9 Å². The average molecular weight is 493 g/mol. The molecule has 2 heterocycles. The lowest BCUT2D eigenvalue weighted by molar-refractivity contribution is -0.143. The second kappa shape index (κ2) is 8.04. The maximum atomic E-state index is 13.7. The van der Waals surface area contributed by atoms with Gasteiger partial charge in [-0.05, 0) is 24.3 Å². The number of benzene rings is 2. The molecule has 10 heteroatoms. The van der Waals surface area contributed by atoms with Gasteiger partial charge in [0.2, 0.25) is 0 Å². The van der Waals surface area contributed by atoms with Crippen molar-refractivity contribution in [3.63, 3.8) is 0 Å². The van der Waals surface area contributed by atoms with Crippen molar-refractivity contribution in [2.75, 3.05) is 5.32 Å². The van der Waals surface area contributed by atoms with Gasteiger partial charge in [-0.15, -0.1) is 11.3 Å². The fraction of sp³-hybridized carbons (Fsp3) is 0.0500. The lowest BCUT2D eigenvalue weighted by Crippen LogP contribution is -2.20. The molecule has 1 amide bonds. The zero-order valence-corrected chi connectivity index (χ0v) is 17.4. The van der Waals surface area contributed by atoms with Crippen molar-refractivity contribution in [1.29, 1.82) is 0 Å². The molecule has 0 bridgehead atoms. The van der Waals surface area contributed by atoms with Crippen molar-refractivity contribution in [2.24, 2.45) is 0 Å². The van der Waals surface area contributed by atoms with Crippen LogP contribution in [0.2, 0.25) is 0 Å². The van der Waals surface area contributed by atoms with E-state index in [1.807, 2.05) is 24.3 Å². The number of aromatic nitrogens is 3. The summed E-state index contributed by atoms with van der Waals surface area (Å²) in [6, 6.07) is 15.2. The molecule has 30 heavy (non-hydrogen) atoms. The van der Waals surface area contributed by atoms with Crippen LogP contribution in [0.1, 0.15) is 16.1 Å². The van der Waals surface area contributed by atoms with Gasteiger partial charge >= 0.3 is 6.18 Å². The Kier molecular flexibility index (Phi) is 5.44. The SMILES string of the molecule is O=C(Nc1nc(-c2ccc(Br)cc2)cs1)c1cnn(-c2ccccc2)c1C(F)(F)F. The minimum atomic E-state index is -4.77. The summed E-state index contributed by atoms with van der Waals surface area (Å²) in [7, 11) is 0. The van der Waals surface area contributed by atoms with E-state index in [1.54, 1.807) is 23.6 Å². The Labute approximate surface area is 181 Å². The first-order chi connectivity index (χ1) is 14.3. The monoisotopic (exact) mass is 492 g/mol. The fourth-order valence-electron chi connectivity index (χ4n) is 2.80. The van der Waals surface area contributed by atoms with E-state index in [0.717, 1.165) is 27.6 Å². The van der Waals surface area contributed by atoms with Gasteiger partial charge in [0, 0.05) is 15.4 Å². The lowest BCUT2D eigenvalue weighted by Gasteiger charge is -2.12. The Morgan fingerprint density at radius 2 is 1.77 bits per heavy atom. The number of halogens is 4. The number of alkyl halides is 3. The van der Waals surface area contributed by atoms with Crippen LogP contribution in [0, 0.1) is 0 Å². The van der Waals surface area contributed by atoms with Gasteiger partial charge in [0.15, 0.2) is 10.8 Å². The van der Waals surface area contributed by atoms with Gasteiger partial charge in [-0.1, -0.05) is 46.3 Å². The molecule has 0 unspecified atom stereocenters. The summed E-state index contributed by atoms with van der Waals surface area (Å²) in [6.45, 7) is 0. The predicted octanol–water partition coefficient (Wildman–Crippen LogP) is 6.03. The molecule has 0 aliphatic carbocycles. The highest BCUT2D eigenvalue weighted by Crippen LogP contribution is 2.34. The van der Waals surface area contributed by atoms with Crippen LogP contribution in [0.3, 0.4) is 0 Å². The third-order valence-electron chi connectivity index (χ3n) is 4.15. The maximum Gasteiger partial charge on any atom is 0.434 e. The van der Waals surface area contributed by atoms with Crippen molar-refractivity contribution in [3.8, 4) is 16.9 Å². The Bertz CT molecular complexity index is 1190. The molecule has 4 aromatic rings. The Morgan fingerprint density at radius 3 is 2.43 bits per heavy atom. The number of rotatable bonds is 4. The van der Waals surface area contributed by atoms with Crippen LogP contribution in [0.4, 0.5) is 18.3 Å². The number of carbonyl (C=O) groups excluding carboxylic acids is 1. The lowest BCUT2D eigenvalue weighted by atomic mass is 10.2. The highest BCUT2D eigenvalue weighted by Gasteiger charge is 2.40. The largest absolute Gasteiger partial charge is 0.434 e. The van der Waals surface area contributed by atoms with E-state index in [9.17, 15) is 18.0 Å². The summed E-state index contributed by atoms with van der Waals surface area (Å²) < 4.78 is 42.8. The van der Waals surface area contributed by atoms with E-state index < -0.39 is 23.3 Å². The van der Waals surface area contributed by atoms with Crippen molar-refractivity contribution >= 4 is 38.3 Å². The van der Waals surface area contributed by atoms with Crippen molar-refractivity contribution < 1.29 is 18.0 Å². The van der Waals surface area contributed by atoms with Gasteiger partial charge < -0.3 is 0 Å². The molecule has 0 aliphatic rings. The minimum Gasteiger partial charge on any atom is -0.298 e. The molecule has 4 rings (SSSR count). The number of nitrogens with one attached hydrogen (secondary N) is 1. The van der Waals surface area contributed by atoms with Crippen LogP contribution in [-0.2, 0) is 6.18 Å². The van der Waals surface area contributed by atoms with Gasteiger partial charge in [0.1, 0.15) is 0 Å². The first-order valence-corrected chi connectivity index (χ1v) is 10.2. The van der Waals surface area contributed by atoms with E-state index >= 15 is 0 Å². The summed E-state index contributed by atoms with van der Waals surface area (Å²) in [6.07, 6.45) is -3.86. The van der Waals surface area contributed by atoms with E-state index in [4.69, 9.17) is 0 Å². The van der Waals surface area contributed by atoms with Crippen molar-refractivity contribution in [1.82, 2.24) is 14.8 Å². The minimum absolute atomic E-state index is 0.193. The fourth-order valence-corrected chi connectivity index (χ4v) is 3.78. The highest BCUT2D eigenvalue weighted by atomic mass is 79.9. The summed E-state index contributed by atoms with van der Waals surface area (Å²) in [4.78, 5) is 16.9. The summed E-state index contributed by atoms with van der Waals surface area (Å²) >= 11 is 4.47. The number of anilines is 1. The third-order valence-corrected chi connectivity index (χ3v) is 5.43. The molecule has 1 N–H and O–H groups in total. The molecule has 5 nitrogen and oxygen atoms in total. The van der Waals surface area contributed by atoms with Gasteiger partial charge in [-0.25, -0.2) is 9.67 Å². The molecular weight excluding hydrogens is 481 g/mol. The Balaban J connectivity index is 1.63. The van der Waals surface area contributed by atoms with Crippen molar-refractivity contribution in [2.45, 2.75) is 6.18 Å². The summed E-state index contributed by atoms with van der Waals surface area (Å²) in [5.41, 5.74) is -0.0834. The molecule has 0 saturated heterocycles. The number of hydrogen-bond donors (Lipinski definition) is 1. The topological polar surface area (TPSA) is 59.8 Å². The van der Waals surface area contributed by atoms with E-state index in [0.29, 0.717) is 10.4 Å². The number of nitrogens with zero attached hydrogens (tertiary/aromatic N) is 3. The molecule has 2 aromatic carbocycles. The van der Waals surface area contributed by atoms with Crippen LogP contribution in [0.5, 0.6) is 0 Å². The molecule has 0 spiro atoms. The first kappa shape index (κ1) is 20.3. The van der Waals surface area contributed by atoms with E-state index in [1.165, 1.54) is 12.1 Å². The standard InChI is InChI=1S/C20H12BrF3N4OS/c21-13-8-6-12(7-9-13)16-11-30-19(26-16)27-18(29)15-10-25-28(17(15)20(22,23)24)14-4-2-1-3-5-14/h1-11H,(H,26,27,29). The molecule has 152 valence electrons. The van der Waals surface area contributed by atoms with Gasteiger partial charge in [0.25, 0.3) is 5.91 Å². The number of para-hydroxylation sites is 1. The molecule has 0 aliphatic heterocycles. The number of carbonyl (C=O) groups is 1. The first-order valence-electron chi connectivity index (χ1n) is 8.56. The molecular formula is C20H12BrF3N4OS.